The van der Waals surface area contributed by atoms with E-state index in [4.69, 9.17) is 10.5 Å². The lowest BCUT2D eigenvalue weighted by atomic mass is 10.0. The molecule has 0 atom stereocenters. The van der Waals surface area contributed by atoms with Crippen molar-refractivity contribution in [3.8, 4) is 0 Å². The Labute approximate surface area is 114 Å². The van der Waals surface area contributed by atoms with E-state index in [9.17, 15) is 4.79 Å². The molecule has 5 heteroatoms. The van der Waals surface area contributed by atoms with E-state index in [0.29, 0.717) is 19.6 Å². The summed E-state index contributed by atoms with van der Waals surface area (Å²) in [6, 6.07) is 9.57. The zero-order valence-corrected chi connectivity index (χ0v) is 11.6. The fourth-order valence-corrected chi connectivity index (χ4v) is 1.26. The van der Waals surface area contributed by atoms with E-state index >= 15 is 0 Å². The zero-order chi connectivity index (χ0) is 12.7. The molecule has 0 radical (unpaired) electrons. The lowest BCUT2D eigenvalue weighted by Gasteiger charge is -2.18. The number of amides is 1. The van der Waals surface area contributed by atoms with Crippen LogP contribution in [0.15, 0.2) is 30.3 Å². The second-order valence-electron chi connectivity index (χ2n) is 4.73. The number of carbonyl (C=O) groups excluding carboxylic acids is 1. The lowest BCUT2D eigenvalue weighted by Crippen LogP contribution is -2.37. The maximum Gasteiger partial charge on any atom is 0.407 e. The molecule has 0 bridgehead atoms. The summed E-state index contributed by atoms with van der Waals surface area (Å²) in [6.07, 6.45) is 0.311. The van der Waals surface area contributed by atoms with Crippen LogP contribution in [0.3, 0.4) is 0 Å². The Hall–Kier alpha value is -1.26. The third-order valence-electron chi connectivity index (χ3n) is 2.25. The van der Waals surface area contributed by atoms with Crippen LogP contribution in [0, 0.1) is 0 Å². The van der Waals surface area contributed by atoms with E-state index in [-0.39, 0.29) is 17.9 Å². The van der Waals surface area contributed by atoms with Crippen LogP contribution < -0.4 is 11.1 Å². The summed E-state index contributed by atoms with van der Waals surface area (Å²) >= 11 is 0. The molecule has 102 valence electrons. The summed E-state index contributed by atoms with van der Waals surface area (Å²) in [5, 5.41) is 2.67. The summed E-state index contributed by atoms with van der Waals surface area (Å²) in [4.78, 5) is 11.3. The summed E-state index contributed by atoms with van der Waals surface area (Å²) < 4.78 is 5.05. The first-order valence-corrected chi connectivity index (χ1v) is 5.71. The Bertz CT molecular complexity index is 350. The maximum atomic E-state index is 11.3. The zero-order valence-electron chi connectivity index (χ0n) is 10.8. The average molecular weight is 273 g/mol. The van der Waals surface area contributed by atoms with Gasteiger partial charge in [0.2, 0.25) is 0 Å². The molecule has 0 unspecified atom stereocenters. The number of nitrogens with two attached hydrogens (primary N) is 1. The summed E-state index contributed by atoms with van der Waals surface area (Å²) in [7, 11) is 0. The molecule has 1 aromatic rings. The SMILES string of the molecule is CC(C)(N)CCNC(=O)OCc1ccccc1.Cl. The van der Waals surface area contributed by atoms with Gasteiger partial charge in [-0.25, -0.2) is 4.79 Å². The monoisotopic (exact) mass is 272 g/mol. The molecular formula is C13H21ClN2O2. The second-order valence-corrected chi connectivity index (χ2v) is 4.73. The Morgan fingerprint density at radius 1 is 1.33 bits per heavy atom. The van der Waals surface area contributed by atoms with Gasteiger partial charge in [0.25, 0.3) is 0 Å². The molecule has 1 aromatic carbocycles. The Morgan fingerprint density at radius 2 is 1.94 bits per heavy atom. The number of carbonyl (C=O) groups is 1. The molecule has 0 aliphatic rings. The molecule has 4 nitrogen and oxygen atoms in total. The molecule has 0 aliphatic heterocycles. The van der Waals surface area contributed by atoms with E-state index in [1.807, 2.05) is 44.2 Å². The Balaban J connectivity index is 0.00000289. The van der Waals surface area contributed by atoms with Crippen LogP contribution in [0.1, 0.15) is 25.8 Å². The van der Waals surface area contributed by atoms with Gasteiger partial charge in [-0.05, 0) is 25.8 Å². The highest BCUT2D eigenvalue weighted by Crippen LogP contribution is 2.02. The fourth-order valence-electron chi connectivity index (χ4n) is 1.26. The first-order valence-electron chi connectivity index (χ1n) is 5.71. The van der Waals surface area contributed by atoms with Crippen molar-refractivity contribution < 1.29 is 9.53 Å². The number of alkyl carbamates (subject to hydrolysis) is 1. The third kappa shape index (κ3) is 7.92. The van der Waals surface area contributed by atoms with E-state index in [0.717, 1.165) is 5.56 Å². The molecule has 0 aliphatic carbocycles. The van der Waals surface area contributed by atoms with Crippen LogP contribution in [-0.2, 0) is 11.3 Å². The maximum absolute atomic E-state index is 11.3. The lowest BCUT2D eigenvalue weighted by molar-refractivity contribution is 0.139. The van der Waals surface area contributed by atoms with E-state index in [1.165, 1.54) is 0 Å². The van der Waals surface area contributed by atoms with Crippen LogP contribution in [0.25, 0.3) is 0 Å². The highest BCUT2D eigenvalue weighted by atomic mass is 35.5. The predicted molar refractivity (Wildman–Crippen MR) is 74.8 cm³/mol. The first-order chi connectivity index (χ1) is 7.97. The van der Waals surface area contributed by atoms with Crippen LogP contribution >= 0.6 is 12.4 Å². The topological polar surface area (TPSA) is 64.3 Å². The molecule has 18 heavy (non-hydrogen) atoms. The molecule has 0 heterocycles. The number of hydrogen-bond acceptors (Lipinski definition) is 3. The van der Waals surface area contributed by atoms with Gasteiger partial charge in [0.1, 0.15) is 6.61 Å². The highest BCUT2D eigenvalue weighted by molar-refractivity contribution is 5.85. The van der Waals surface area contributed by atoms with Gasteiger partial charge in [-0.15, -0.1) is 12.4 Å². The number of nitrogens with one attached hydrogen (secondary N) is 1. The van der Waals surface area contributed by atoms with Crippen molar-refractivity contribution in [3.63, 3.8) is 0 Å². The molecule has 0 saturated carbocycles. The molecule has 0 aromatic heterocycles. The van der Waals surface area contributed by atoms with E-state index < -0.39 is 6.09 Å². The quantitative estimate of drug-likeness (QED) is 0.865. The van der Waals surface area contributed by atoms with Gasteiger partial charge in [-0.2, -0.15) is 0 Å². The minimum Gasteiger partial charge on any atom is -0.445 e. The van der Waals surface area contributed by atoms with Crippen molar-refractivity contribution >= 4 is 18.5 Å². The average Bonchev–Trinajstić information content (AvgIpc) is 2.26. The van der Waals surface area contributed by atoms with Gasteiger partial charge in [0.05, 0.1) is 0 Å². The van der Waals surface area contributed by atoms with Crippen LogP contribution in [0.4, 0.5) is 4.79 Å². The smallest absolute Gasteiger partial charge is 0.407 e. The predicted octanol–water partition coefficient (Wildman–Crippen LogP) is 2.46. The van der Waals surface area contributed by atoms with Gasteiger partial charge in [0.15, 0.2) is 0 Å². The molecule has 0 spiro atoms. The minimum absolute atomic E-state index is 0. The second kappa shape index (κ2) is 7.95. The molecule has 0 fully saturated rings. The van der Waals surface area contributed by atoms with Gasteiger partial charge in [-0.1, -0.05) is 30.3 Å². The highest BCUT2D eigenvalue weighted by Gasteiger charge is 2.10. The minimum atomic E-state index is -0.405. The molecule has 3 N–H and O–H groups in total. The van der Waals surface area contributed by atoms with Crippen LogP contribution in [0.2, 0.25) is 0 Å². The van der Waals surface area contributed by atoms with Crippen molar-refractivity contribution in [1.82, 2.24) is 5.32 Å². The Morgan fingerprint density at radius 3 is 2.50 bits per heavy atom. The van der Waals surface area contributed by atoms with Gasteiger partial charge < -0.3 is 15.8 Å². The standard InChI is InChI=1S/C13H20N2O2.ClH/c1-13(2,14)8-9-15-12(16)17-10-11-6-4-3-5-7-11;/h3-7H,8-10,14H2,1-2H3,(H,15,16);1H. The normalized spacial score (nSPS) is 10.4. The fraction of sp³-hybridized carbons (Fsp3) is 0.462. The number of benzene rings is 1. The summed E-state index contributed by atoms with van der Waals surface area (Å²) in [6.45, 7) is 4.66. The summed E-state index contributed by atoms with van der Waals surface area (Å²) in [5.74, 6) is 0. The van der Waals surface area contributed by atoms with Gasteiger partial charge in [0, 0.05) is 12.1 Å². The van der Waals surface area contributed by atoms with E-state index in [1.54, 1.807) is 0 Å². The number of ether oxygens (including phenoxy) is 1. The molecular weight excluding hydrogens is 252 g/mol. The third-order valence-corrected chi connectivity index (χ3v) is 2.25. The van der Waals surface area contributed by atoms with Crippen molar-refractivity contribution in [3.05, 3.63) is 35.9 Å². The largest absolute Gasteiger partial charge is 0.445 e. The van der Waals surface area contributed by atoms with Crippen molar-refractivity contribution in [1.29, 1.82) is 0 Å². The number of hydrogen-bond donors (Lipinski definition) is 2. The van der Waals surface area contributed by atoms with Crippen molar-refractivity contribution in [2.75, 3.05) is 6.54 Å². The van der Waals surface area contributed by atoms with E-state index in [2.05, 4.69) is 5.32 Å². The van der Waals surface area contributed by atoms with Crippen molar-refractivity contribution in [2.45, 2.75) is 32.4 Å². The van der Waals surface area contributed by atoms with Crippen LogP contribution in [-0.4, -0.2) is 18.2 Å². The number of rotatable bonds is 5. The van der Waals surface area contributed by atoms with Gasteiger partial charge >= 0.3 is 6.09 Å². The Kier molecular flexibility index (Phi) is 7.39. The molecule has 0 saturated heterocycles. The molecule has 1 amide bonds. The number of halogens is 1. The molecule has 1 rings (SSSR count). The van der Waals surface area contributed by atoms with Gasteiger partial charge in [-0.3, -0.25) is 0 Å². The van der Waals surface area contributed by atoms with Crippen LogP contribution in [0.5, 0.6) is 0 Å². The summed E-state index contributed by atoms with van der Waals surface area (Å²) in [5.41, 5.74) is 6.50. The van der Waals surface area contributed by atoms with Crippen molar-refractivity contribution in [2.24, 2.45) is 5.73 Å². The first kappa shape index (κ1) is 16.7.